The second kappa shape index (κ2) is 3.78. The predicted molar refractivity (Wildman–Crippen MR) is 22.0 cm³/mol. The maximum atomic E-state index is 3.67. The van der Waals surface area contributed by atoms with E-state index in [0.29, 0.717) is 0 Å². The van der Waals surface area contributed by atoms with Crippen molar-refractivity contribution in [2.75, 3.05) is 0 Å². The largest absolute Gasteiger partial charge is 2.00 e. The van der Waals surface area contributed by atoms with Crippen LogP contribution in [0.1, 0.15) is 0 Å². The topological polar surface area (TPSA) is 25.8 Å². The van der Waals surface area contributed by atoms with Gasteiger partial charge >= 0.3 is 17.1 Å². The number of rotatable bonds is 0. The molecule has 0 atom stereocenters. The first-order valence-electron chi connectivity index (χ1n) is 1.70. The van der Waals surface area contributed by atoms with Crippen molar-refractivity contribution in [2.45, 2.75) is 0 Å². The van der Waals surface area contributed by atoms with Crippen molar-refractivity contribution in [2.24, 2.45) is 0 Å². The molecule has 0 spiro atoms. The molecule has 0 unspecified atom stereocenters. The van der Waals surface area contributed by atoms with Gasteiger partial charge in [0.15, 0.2) is 0 Å². The van der Waals surface area contributed by atoms with Gasteiger partial charge in [0.2, 0.25) is 0 Å². The van der Waals surface area contributed by atoms with Crippen LogP contribution in [0.4, 0.5) is 0 Å². The van der Waals surface area contributed by atoms with E-state index in [2.05, 4.69) is 9.97 Å². The molecule has 7 heavy (non-hydrogen) atoms. The third-order valence-corrected chi connectivity index (χ3v) is 0.478. The molecular weight excluding hydrogens is 140 g/mol. The van der Waals surface area contributed by atoms with Crippen LogP contribution in [0.3, 0.4) is 0 Å². The standard InChI is InChI=1S/C4H4N2.Cu/c1-2-5-4-6-3-1;/h1-4H;/q;+2. The van der Waals surface area contributed by atoms with Gasteiger partial charge in [0.1, 0.15) is 6.33 Å². The van der Waals surface area contributed by atoms with Gasteiger partial charge < -0.3 is 0 Å². The summed E-state index contributed by atoms with van der Waals surface area (Å²) in [6.07, 6.45) is 4.88. The molecule has 0 aromatic carbocycles. The first-order chi connectivity index (χ1) is 3.00. The Morgan fingerprint density at radius 2 is 1.57 bits per heavy atom. The minimum atomic E-state index is 0. The summed E-state index contributed by atoms with van der Waals surface area (Å²) >= 11 is 0. The van der Waals surface area contributed by atoms with E-state index >= 15 is 0 Å². The third kappa shape index (κ3) is 2.31. The molecule has 3 heteroatoms. The third-order valence-electron chi connectivity index (χ3n) is 0.478. The summed E-state index contributed by atoms with van der Waals surface area (Å²) < 4.78 is 0. The fourth-order valence-electron chi connectivity index (χ4n) is 0.253. The number of hydrogen-bond donors (Lipinski definition) is 0. The monoisotopic (exact) mass is 143 g/mol. The van der Waals surface area contributed by atoms with Crippen molar-refractivity contribution >= 4 is 0 Å². The molecule has 0 aliphatic heterocycles. The van der Waals surface area contributed by atoms with E-state index in [1.165, 1.54) is 6.33 Å². The maximum Gasteiger partial charge on any atom is 2.00 e. The molecule has 1 aromatic rings. The molecule has 2 nitrogen and oxygen atoms in total. The summed E-state index contributed by atoms with van der Waals surface area (Å²) in [5, 5.41) is 0. The molecule has 0 amide bonds. The van der Waals surface area contributed by atoms with E-state index < -0.39 is 0 Å². The molecule has 39 valence electrons. The Kier molecular flexibility index (Phi) is 3.56. The molecule has 0 bridgehead atoms. The van der Waals surface area contributed by atoms with E-state index in [1.54, 1.807) is 18.5 Å². The molecule has 1 aromatic heterocycles. The van der Waals surface area contributed by atoms with Crippen LogP contribution in [0.5, 0.6) is 0 Å². The van der Waals surface area contributed by atoms with Crippen molar-refractivity contribution in [3.05, 3.63) is 24.8 Å². The van der Waals surface area contributed by atoms with Gasteiger partial charge in [-0.1, -0.05) is 0 Å². The summed E-state index contributed by atoms with van der Waals surface area (Å²) in [4.78, 5) is 7.35. The van der Waals surface area contributed by atoms with Crippen LogP contribution in [-0.2, 0) is 17.1 Å². The van der Waals surface area contributed by atoms with Gasteiger partial charge in [-0.2, -0.15) is 0 Å². The Balaban J connectivity index is 0.000000360. The summed E-state index contributed by atoms with van der Waals surface area (Å²) in [5.74, 6) is 0. The van der Waals surface area contributed by atoms with Crippen LogP contribution in [0.25, 0.3) is 0 Å². The SMILES string of the molecule is [Cu+2].c1cncnc1. The van der Waals surface area contributed by atoms with Gasteiger partial charge in [0, 0.05) is 12.4 Å². The zero-order valence-electron chi connectivity index (χ0n) is 3.51. The molecule has 0 saturated heterocycles. The molecule has 0 aliphatic rings. The van der Waals surface area contributed by atoms with Crippen LogP contribution < -0.4 is 0 Å². The van der Waals surface area contributed by atoms with E-state index in [0.717, 1.165) is 0 Å². The summed E-state index contributed by atoms with van der Waals surface area (Å²) in [6.45, 7) is 0. The van der Waals surface area contributed by atoms with Crippen molar-refractivity contribution in [3.63, 3.8) is 0 Å². The quantitative estimate of drug-likeness (QED) is 0.494. The Hall–Kier alpha value is -0.401. The fraction of sp³-hybridized carbons (Fsp3) is 0. The normalized spacial score (nSPS) is 6.86. The summed E-state index contributed by atoms with van der Waals surface area (Å²) in [5.41, 5.74) is 0. The molecule has 0 saturated carbocycles. The molecule has 0 aliphatic carbocycles. The van der Waals surface area contributed by atoms with Crippen LogP contribution >= 0.6 is 0 Å². The van der Waals surface area contributed by atoms with Gasteiger partial charge in [-0.3, -0.25) is 0 Å². The van der Waals surface area contributed by atoms with Crippen molar-refractivity contribution < 1.29 is 17.1 Å². The molecule has 1 heterocycles. The van der Waals surface area contributed by atoms with Gasteiger partial charge in [-0.15, -0.1) is 0 Å². The minimum Gasteiger partial charge on any atom is -0.245 e. The first kappa shape index (κ1) is 6.60. The fourth-order valence-corrected chi connectivity index (χ4v) is 0.253. The maximum absolute atomic E-state index is 3.67. The summed E-state index contributed by atoms with van der Waals surface area (Å²) in [6, 6.07) is 1.78. The molecular formula is C4H4CuN2+2. The predicted octanol–water partition coefficient (Wildman–Crippen LogP) is 0.474. The Labute approximate surface area is 52.5 Å². The van der Waals surface area contributed by atoms with Crippen molar-refractivity contribution in [1.82, 2.24) is 9.97 Å². The molecule has 1 rings (SSSR count). The smallest absolute Gasteiger partial charge is 0.245 e. The number of hydrogen-bond acceptors (Lipinski definition) is 2. The van der Waals surface area contributed by atoms with Crippen molar-refractivity contribution in [3.8, 4) is 0 Å². The zero-order valence-corrected chi connectivity index (χ0v) is 4.45. The zero-order chi connectivity index (χ0) is 4.24. The summed E-state index contributed by atoms with van der Waals surface area (Å²) in [7, 11) is 0. The number of nitrogens with zero attached hydrogens (tertiary/aromatic N) is 2. The van der Waals surface area contributed by atoms with Gasteiger partial charge in [0.05, 0.1) is 0 Å². The Bertz CT molecular complexity index is 81.6. The Morgan fingerprint density at radius 1 is 1.00 bits per heavy atom. The second-order valence-electron chi connectivity index (χ2n) is 0.904. The van der Waals surface area contributed by atoms with Crippen LogP contribution in [0, 0.1) is 0 Å². The van der Waals surface area contributed by atoms with E-state index in [-0.39, 0.29) is 17.1 Å². The van der Waals surface area contributed by atoms with Gasteiger partial charge in [0.25, 0.3) is 0 Å². The van der Waals surface area contributed by atoms with E-state index in [9.17, 15) is 0 Å². The van der Waals surface area contributed by atoms with Crippen LogP contribution in [-0.4, -0.2) is 9.97 Å². The number of aromatic nitrogens is 2. The van der Waals surface area contributed by atoms with Gasteiger partial charge in [-0.05, 0) is 6.07 Å². The van der Waals surface area contributed by atoms with Gasteiger partial charge in [-0.25, -0.2) is 9.97 Å². The van der Waals surface area contributed by atoms with Crippen molar-refractivity contribution in [1.29, 1.82) is 0 Å². The Morgan fingerprint density at radius 3 is 1.71 bits per heavy atom. The average molecular weight is 144 g/mol. The van der Waals surface area contributed by atoms with E-state index in [4.69, 9.17) is 0 Å². The molecule has 0 fully saturated rings. The van der Waals surface area contributed by atoms with E-state index in [1.807, 2.05) is 0 Å². The van der Waals surface area contributed by atoms with Crippen LogP contribution in [0.2, 0.25) is 0 Å². The molecule has 1 radical (unpaired) electrons. The first-order valence-corrected chi connectivity index (χ1v) is 1.70. The molecule has 0 N–H and O–H groups in total. The minimum absolute atomic E-state index is 0. The average Bonchev–Trinajstić information content (AvgIpc) is 1.72. The van der Waals surface area contributed by atoms with Crippen LogP contribution in [0.15, 0.2) is 24.8 Å². The second-order valence-corrected chi connectivity index (χ2v) is 0.904.